The zero-order valence-corrected chi connectivity index (χ0v) is 17.1. The normalized spacial score (nSPS) is 15.4. The minimum atomic E-state index is -0.615. The Bertz CT molecular complexity index is 1080. The predicted octanol–water partition coefficient (Wildman–Crippen LogP) is 5.99. The minimum Gasteiger partial charge on any atom is -0.495 e. The van der Waals surface area contributed by atoms with E-state index in [9.17, 15) is 8.78 Å². The lowest BCUT2D eigenvalue weighted by atomic mass is 9.91. The monoisotopic (exact) mass is 407 g/mol. The van der Waals surface area contributed by atoms with Crippen LogP contribution in [0, 0.1) is 17.6 Å². The summed E-state index contributed by atoms with van der Waals surface area (Å²) in [6.45, 7) is 4.29. The number of hydrogen-bond acceptors (Lipinski definition) is 4. The molecule has 3 aromatic rings. The number of nitrogens with one attached hydrogen (secondary N) is 1. The maximum absolute atomic E-state index is 13.8. The Labute approximate surface area is 174 Å². The number of benzene rings is 2. The number of rotatable bonds is 5. The molecule has 0 fully saturated rings. The van der Waals surface area contributed by atoms with E-state index < -0.39 is 11.6 Å². The van der Waals surface area contributed by atoms with Gasteiger partial charge in [-0.3, -0.25) is 9.98 Å². The molecule has 0 amide bonds. The fourth-order valence-electron chi connectivity index (χ4n) is 3.73. The van der Waals surface area contributed by atoms with E-state index in [1.165, 1.54) is 12.1 Å². The van der Waals surface area contributed by atoms with Crippen LogP contribution in [0.4, 0.5) is 14.5 Å². The second-order valence-corrected chi connectivity index (χ2v) is 7.79. The number of aliphatic imine (C=N–C) groups is 1. The Morgan fingerprint density at radius 1 is 1.03 bits per heavy atom. The van der Waals surface area contributed by atoms with Crippen molar-refractivity contribution in [2.24, 2.45) is 10.9 Å². The second kappa shape index (κ2) is 8.22. The van der Waals surface area contributed by atoms with E-state index in [0.29, 0.717) is 22.8 Å². The van der Waals surface area contributed by atoms with Crippen LogP contribution in [0.5, 0.6) is 5.75 Å². The van der Waals surface area contributed by atoms with Crippen molar-refractivity contribution in [2.45, 2.75) is 26.3 Å². The van der Waals surface area contributed by atoms with E-state index in [-0.39, 0.29) is 6.04 Å². The molecule has 1 aliphatic heterocycles. The molecule has 1 atom stereocenters. The molecule has 1 aliphatic rings. The van der Waals surface area contributed by atoms with Crippen molar-refractivity contribution in [3.05, 3.63) is 77.6 Å². The molecule has 0 bridgehead atoms. The Morgan fingerprint density at radius 3 is 2.40 bits per heavy atom. The van der Waals surface area contributed by atoms with Crippen LogP contribution < -0.4 is 10.1 Å². The SMILES string of the molecule is COc1cc(-c2cc(F)cc(F)c2)cc2c1NC(c1cccnc1)=NC2CC(C)C. The molecular weight excluding hydrogens is 384 g/mol. The van der Waals surface area contributed by atoms with Crippen LogP contribution >= 0.6 is 0 Å². The molecule has 154 valence electrons. The van der Waals surface area contributed by atoms with Crippen LogP contribution in [0.2, 0.25) is 0 Å². The molecule has 0 radical (unpaired) electrons. The molecule has 0 saturated carbocycles. The lowest BCUT2D eigenvalue weighted by Gasteiger charge is -2.28. The topological polar surface area (TPSA) is 46.5 Å². The first-order valence-electron chi connectivity index (χ1n) is 9.88. The summed E-state index contributed by atoms with van der Waals surface area (Å²) in [4.78, 5) is 9.13. The number of aromatic nitrogens is 1. The van der Waals surface area contributed by atoms with Crippen LogP contribution in [0.3, 0.4) is 0 Å². The van der Waals surface area contributed by atoms with Gasteiger partial charge in [-0.25, -0.2) is 8.78 Å². The van der Waals surface area contributed by atoms with Gasteiger partial charge in [-0.2, -0.15) is 0 Å². The van der Waals surface area contributed by atoms with E-state index in [1.807, 2.05) is 18.2 Å². The smallest absolute Gasteiger partial charge is 0.143 e. The first-order chi connectivity index (χ1) is 14.4. The Balaban J connectivity index is 1.86. The van der Waals surface area contributed by atoms with Gasteiger partial charge in [0.15, 0.2) is 0 Å². The Morgan fingerprint density at radius 2 is 1.77 bits per heavy atom. The van der Waals surface area contributed by atoms with Gasteiger partial charge in [0.1, 0.15) is 23.2 Å². The summed E-state index contributed by atoms with van der Waals surface area (Å²) in [6, 6.07) is 10.9. The number of nitrogens with zero attached hydrogens (tertiary/aromatic N) is 2. The van der Waals surface area contributed by atoms with Crippen molar-refractivity contribution in [2.75, 3.05) is 12.4 Å². The maximum atomic E-state index is 13.8. The third-order valence-corrected chi connectivity index (χ3v) is 5.07. The molecule has 6 heteroatoms. The van der Waals surface area contributed by atoms with Crippen molar-refractivity contribution in [3.63, 3.8) is 0 Å². The molecule has 0 spiro atoms. The minimum absolute atomic E-state index is 0.122. The van der Waals surface area contributed by atoms with Crippen molar-refractivity contribution in [1.29, 1.82) is 0 Å². The van der Waals surface area contributed by atoms with Crippen molar-refractivity contribution in [1.82, 2.24) is 4.98 Å². The van der Waals surface area contributed by atoms with Gasteiger partial charge >= 0.3 is 0 Å². The first kappa shape index (κ1) is 20.0. The first-order valence-corrected chi connectivity index (χ1v) is 9.88. The van der Waals surface area contributed by atoms with Gasteiger partial charge < -0.3 is 10.1 Å². The predicted molar refractivity (Wildman–Crippen MR) is 115 cm³/mol. The van der Waals surface area contributed by atoms with Crippen molar-refractivity contribution < 1.29 is 13.5 Å². The second-order valence-electron chi connectivity index (χ2n) is 7.79. The number of pyridine rings is 1. The summed E-state index contributed by atoms with van der Waals surface area (Å²) in [5.74, 6) is 0.494. The lowest BCUT2D eigenvalue weighted by molar-refractivity contribution is 0.415. The third kappa shape index (κ3) is 4.03. The molecular formula is C24H23F2N3O. The highest BCUT2D eigenvalue weighted by Gasteiger charge is 2.27. The highest BCUT2D eigenvalue weighted by Crippen LogP contribution is 2.43. The number of methoxy groups -OCH3 is 1. The average Bonchev–Trinajstić information content (AvgIpc) is 2.72. The van der Waals surface area contributed by atoms with Gasteiger partial charge in [0.25, 0.3) is 0 Å². The summed E-state index contributed by atoms with van der Waals surface area (Å²) in [5, 5.41) is 3.37. The van der Waals surface area contributed by atoms with Crippen LogP contribution in [0.1, 0.15) is 37.4 Å². The van der Waals surface area contributed by atoms with E-state index in [4.69, 9.17) is 9.73 Å². The number of amidine groups is 1. The molecule has 4 rings (SSSR count). The maximum Gasteiger partial charge on any atom is 0.143 e. The fraction of sp³-hybridized carbons (Fsp3) is 0.250. The van der Waals surface area contributed by atoms with E-state index in [2.05, 4.69) is 24.1 Å². The average molecular weight is 407 g/mol. The number of anilines is 1. The third-order valence-electron chi connectivity index (χ3n) is 5.07. The highest BCUT2D eigenvalue weighted by atomic mass is 19.1. The van der Waals surface area contributed by atoms with Crippen LogP contribution in [-0.4, -0.2) is 17.9 Å². The van der Waals surface area contributed by atoms with Gasteiger partial charge in [0.2, 0.25) is 0 Å². The van der Waals surface area contributed by atoms with Crippen molar-refractivity contribution in [3.8, 4) is 16.9 Å². The molecule has 1 N–H and O–H groups in total. The molecule has 2 aromatic carbocycles. The zero-order valence-electron chi connectivity index (χ0n) is 17.1. The van der Waals surface area contributed by atoms with Crippen LogP contribution in [-0.2, 0) is 0 Å². The quantitative estimate of drug-likeness (QED) is 0.565. The summed E-state index contributed by atoms with van der Waals surface area (Å²) in [7, 11) is 1.58. The van der Waals surface area contributed by atoms with Gasteiger partial charge in [-0.05, 0) is 59.9 Å². The number of ether oxygens (including phenoxy) is 1. The molecule has 2 heterocycles. The largest absolute Gasteiger partial charge is 0.495 e. The zero-order chi connectivity index (χ0) is 21.3. The summed E-state index contributed by atoms with van der Waals surface area (Å²) >= 11 is 0. The number of fused-ring (bicyclic) bond motifs is 1. The number of halogens is 2. The van der Waals surface area contributed by atoms with Gasteiger partial charge in [-0.1, -0.05) is 13.8 Å². The molecule has 0 aliphatic carbocycles. The van der Waals surface area contributed by atoms with Gasteiger partial charge in [0.05, 0.1) is 18.8 Å². The molecule has 1 aromatic heterocycles. The summed E-state index contributed by atoms with van der Waals surface area (Å²) < 4.78 is 33.3. The van der Waals surface area contributed by atoms with Crippen molar-refractivity contribution >= 4 is 11.5 Å². The standard InChI is InChI=1S/C24H23F2N3O/c1-14(2)7-21-20-10-17(16-8-18(25)12-19(26)9-16)11-22(30-3)23(20)29-24(28-21)15-5-4-6-27-13-15/h4-6,8-14,21H,7H2,1-3H3,(H,28,29). The summed E-state index contributed by atoms with van der Waals surface area (Å²) in [5.41, 5.74) is 3.78. The van der Waals surface area contributed by atoms with E-state index in [1.54, 1.807) is 25.6 Å². The van der Waals surface area contributed by atoms with Crippen LogP contribution in [0.15, 0.2) is 59.9 Å². The fourth-order valence-corrected chi connectivity index (χ4v) is 3.73. The van der Waals surface area contributed by atoms with Crippen LogP contribution in [0.25, 0.3) is 11.1 Å². The molecule has 30 heavy (non-hydrogen) atoms. The lowest BCUT2D eigenvalue weighted by Crippen LogP contribution is -2.23. The molecule has 0 saturated heterocycles. The number of hydrogen-bond donors (Lipinski definition) is 1. The van der Waals surface area contributed by atoms with E-state index >= 15 is 0 Å². The highest BCUT2D eigenvalue weighted by molar-refractivity contribution is 6.10. The molecule has 1 unspecified atom stereocenters. The molecule has 4 nitrogen and oxygen atoms in total. The Hall–Kier alpha value is -3.28. The Kier molecular flexibility index (Phi) is 5.48. The van der Waals surface area contributed by atoms with Gasteiger partial charge in [0, 0.05) is 29.6 Å². The van der Waals surface area contributed by atoms with Gasteiger partial charge in [-0.15, -0.1) is 0 Å². The summed E-state index contributed by atoms with van der Waals surface area (Å²) in [6.07, 6.45) is 4.31. The van der Waals surface area contributed by atoms with E-state index in [0.717, 1.165) is 35.1 Å².